The molecule has 0 bridgehead atoms. The number of benzene rings is 3. The first-order valence-electron chi connectivity index (χ1n) is 10.3. The maximum Gasteiger partial charge on any atom is 0.308 e. The fraction of sp³-hybridized carbons (Fsp3) is 0.0769. The van der Waals surface area contributed by atoms with Gasteiger partial charge in [0.15, 0.2) is 5.75 Å². The standard InChI is InChI=1S/C26H19ClN2O5/c1-16(30)28-23-15-24(29(32)33)20(22(27)13-18-9-5-3-6-10-18)14-21(23)26(34-17(2)31)25(28)19-11-7-4-8-12-19/h3-15H,1-2H3. The number of nitrogens with zero attached hydrogens (tertiary/aromatic N) is 2. The van der Waals surface area contributed by atoms with E-state index in [1.807, 2.05) is 36.4 Å². The molecule has 0 radical (unpaired) electrons. The summed E-state index contributed by atoms with van der Waals surface area (Å²) < 4.78 is 6.87. The van der Waals surface area contributed by atoms with Crippen molar-refractivity contribution >= 4 is 51.2 Å². The maximum absolute atomic E-state index is 12.7. The van der Waals surface area contributed by atoms with E-state index in [0.29, 0.717) is 16.6 Å². The first kappa shape index (κ1) is 22.9. The number of nitro benzene ring substituents is 1. The van der Waals surface area contributed by atoms with E-state index in [1.165, 1.54) is 30.5 Å². The van der Waals surface area contributed by atoms with Gasteiger partial charge in [-0.25, -0.2) is 0 Å². The molecule has 0 spiro atoms. The average molecular weight is 475 g/mol. The number of hydrogen-bond acceptors (Lipinski definition) is 5. The SMILES string of the molecule is CC(=O)Oc1c(-c2ccccc2)n(C(C)=O)c2cc([N+](=O)[O-])c(C(Cl)=Cc3ccccc3)cc12. The monoisotopic (exact) mass is 474 g/mol. The third-order valence-electron chi connectivity index (χ3n) is 5.19. The molecule has 1 heterocycles. The van der Waals surface area contributed by atoms with Crippen LogP contribution in [0.2, 0.25) is 0 Å². The number of carbonyl (C=O) groups is 2. The smallest absolute Gasteiger partial charge is 0.308 e. The Hall–Kier alpha value is -4.23. The molecule has 3 aromatic carbocycles. The molecule has 34 heavy (non-hydrogen) atoms. The highest BCUT2D eigenvalue weighted by atomic mass is 35.5. The summed E-state index contributed by atoms with van der Waals surface area (Å²) in [7, 11) is 0. The summed E-state index contributed by atoms with van der Waals surface area (Å²) in [6.07, 6.45) is 1.61. The van der Waals surface area contributed by atoms with Crippen molar-refractivity contribution in [3.63, 3.8) is 0 Å². The highest BCUT2D eigenvalue weighted by Crippen LogP contribution is 2.44. The Kier molecular flexibility index (Phi) is 6.30. The first-order valence-corrected chi connectivity index (χ1v) is 10.7. The van der Waals surface area contributed by atoms with Crippen LogP contribution in [-0.4, -0.2) is 21.4 Å². The van der Waals surface area contributed by atoms with Crippen molar-refractivity contribution in [1.82, 2.24) is 4.57 Å². The van der Waals surface area contributed by atoms with Crippen LogP contribution in [0.4, 0.5) is 5.69 Å². The maximum atomic E-state index is 12.7. The van der Waals surface area contributed by atoms with Crippen LogP contribution in [0.3, 0.4) is 0 Å². The summed E-state index contributed by atoms with van der Waals surface area (Å²) in [5.41, 5.74) is 1.79. The number of fused-ring (bicyclic) bond motifs is 1. The Morgan fingerprint density at radius 1 is 1.00 bits per heavy atom. The van der Waals surface area contributed by atoms with Gasteiger partial charge in [-0.2, -0.15) is 0 Å². The summed E-state index contributed by atoms with van der Waals surface area (Å²) in [5, 5.41) is 12.5. The predicted molar refractivity (Wildman–Crippen MR) is 132 cm³/mol. The molecule has 0 unspecified atom stereocenters. The summed E-state index contributed by atoms with van der Waals surface area (Å²) in [5.74, 6) is -0.856. The van der Waals surface area contributed by atoms with Gasteiger partial charge in [-0.1, -0.05) is 72.3 Å². The van der Waals surface area contributed by atoms with Gasteiger partial charge in [-0.15, -0.1) is 0 Å². The summed E-state index contributed by atoms with van der Waals surface area (Å²) >= 11 is 6.55. The summed E-state index contributed by atoms with van der Waals surface area (Å²) in [6, 6.07) is 20.8. The van der Waals surface area contributed by atoms with E-state index in [1.54, 1.807) is 30.3 Å². The lowest BCUT2D eigenvalue weighted by atomic mass is 10.1. The average Bonchev–Trinajstić information content (AvgIpc) is 3.12. The quantitative estimate of drug-likeness (QED) is 0.142. The highest BCUT2D eigenvalue weighted by molar-refractivity contribution is 6.51. The van der Waals surface area contributed by atoms with Crippen LogP contribution in [0, 0.1) is 10.1 Å². The molecule has 7 nitrogen and oxygen atoms in total. The minimum absolute atomic E-state index is 0.129. The van der Waals surface area contributed by atoms with Crippen LogP contribution in [-0.2, 0) is 4.79 Å². The number of carbonyl (C=O) groups excluding carboxylic acids is 2. The molecule has 0 fully saturated rings. The van der Waals surface area contributed by atoms with E-state index in [-0.39, 0.29) is 27.5 Å². The molecule has 0 saturated heterocycles. The molecule has 0 amide bonds. The molecule has 4 rings (SSSR count). The third kappa shape index (κ3) is 4.33. The summed E-state index contributed by atoms with van der Waals surface area (Å²) in [6.45, 7) is 2.59. The second kappa shape index (κ2) is 9.33. The van der Waals surface area contributed by atoms with Crippen LogP contribution in [0.25, 0.3) is 33.3 Å². The lowest BCUT2D eigenvalue weighted by Crippen LogP contribution is -2.08. The molecule has 170 valence electrons. The summed E-state index contributed by atoms with van der Waals surface area (Å²) in [4.78, 5) is 36.1. The largest absolute Gasteiger partial charge is 0.424 e. The number of rotatable bonds is 5. The Morgan fingerprint density at radius 3 is 2.18 bits per heavy atom. The van der Waals surface area contributed by atoms with Crippen LogP contribution in [0.5, 0.6) is 5.75 Å². The van der Waals surface area contributed by atoms with Crippen LogP contribution >= 0.6 is 11.6 Å². The normalized spacial score (nSPS) is 11.4. The van der Waals surface area contributed by atoms with Gasteiger partial charge in [0.25, 0.3) is 5.69 Å². The molecular weight excluding hydrogens is 456 g/mol. The minimum atomic E-state index is -0.592. The Morgan fingerprint density at radius 2 is 1.62 bits per heavy atom. The fourth-order valence-electron chi connectivity index (χ4n) is 3.84. The number of halogens is 1. The van der Waals surface area contributed by atoms with E-state index in [2.05, 4.69) is 0 Å². The van der Waals surface area contributed by atoms with Crippen molar-refractivity contribution in [3.8, 4) is 17.0 Å². The predicted octanol–water partition coefficient (Wildman–Crippen LogP) is 6.54. The Balaban J connectivity index is 2.10. The highest BCUT2D eigenvalue weighted by Gasteiger charge is 2.28. The molecule has 0 aliphatic carbocycles. The molecule has 1 aromatic heterocycles. The third-order valence-corrected chi connectivity index (χ3v) is 5.51. The number of ether oxygens (including phenoxy) is 1. The second-order valence-corrected chi connectivity index (χ2v) is 7.95. The minimum Gasteiger partial charge on any atom is -0.424 e. The lowest BCUT2D eigenvalue weighted by Gasteiger charge is -2.09. The van der Waals surface area contributed by atoms with Gasteiger partial charge in [0.05, 0.1) is 26.7 Å². The van der Waals surface area contributed by atoms with E-state index >= 15 is 0 Å². The van der Waals surface area contributed by atoms with Gasteiger partial charge in [0.1, 0.15) is 0 Å². The topological polar surface area (TPSA) is 91.4 Å². The zero-order chi connectivity index (χ0) is 24.4. The van der Waals surface area contributed by atoms with Gasteiger partial charge < -0.3 is 4.74 Å². The van der Waals surface area contributed by atoms with E-state index in [9.17, 15) is 19.7 Å². The molecule has 8 heteroatoms. The van der Waals surface area contributed by atoms with E-state index in [4.69, 9.17) is 16.3 Å². The van der Waals surface area contributed by atoms with Crippen LogP contribution in [0.1, 0.15) is 29.8 Å². The van der Waals surface area contributed by atoms with Crippen LogP contribution < -0.4 is 4.74 Å². The van der Waals surface area contributed by atoms with Gasteiger partial charge in [-0.05, 0) is 17.7 Å². The van der Waals surface area contributed by atoms with Gasteiger partial charge >= 0.3 is 5.97 Å². The molecule has 4 aromatic rings. The van der Waals surface area contributed by atoms with Gasteiger partial charge in [-0.3, -0.25) is 24.3 Å². The lowest BCUT2D eigenvalue weighted by molar-refractivity contribution is -0.385. The molecule has 0 atom stereocenters. The fourth-order valence-corrected chi connectivity index (χ4v) is 4.12. The van der Waals surface area contributed by atoms with Crippen molar-refractivity contribution < 1.29 is 19.2 Å². The molecule has 0 aliphatic rings. The molecule has 0 saturated carbocycles. The Bertz CT molecular complexity index is 1460. The van der Waals surface area contributed by atoms with Crippen molar-refractivity contribution in [3.05, 3.63) is 94.0 Å². The number of hydrogen-bond donors (Lipinski definition) is 0. The van der Waals surface area contributed by atoms with E-state index in [0.717, 1.165) is 5.56 Å². The van der Waals surface area contributed by atoms with Gasteiger partial charge in [0, 0.05) is 30.9 Å². The zero-order valence-electron chi connectivity index (χ0n) is 18.3. The first-order chi connectivity index (χ1) is 16.3. The molecule has 0 N–H and O–H groups in total. The van der Waals surface area contributed by atoms with E-state index < -0.39 is 16.8 Å². The van der Waals surface area contributed by atoms with Crippen molar-refractivity contribution in [1.29, 1.82) is 0 Å². The zero-order valence-corrected chi connectivity index (χ0v) is 19.1. The number of aromatic nitrogens is 1. The van der Waals surface area contributed by atoms with Gasteiger partial charge in [0.2, 0.25) is 5.91 Å². The molecule has 0 aliphatic heterocycles. The van der Waals surface area contributed by atoms with Crippen LogP contribution in [0.15, 0.2) is 72.8 Å². The number of nitro groups is 1. The Labute approximate surface area is 200 Å². The van der Waals surface area contributed by atoms with Crippen molar-refractivity contribution in [2.24, 2.45) is 0 Å². The molecular formula is C26H19ClN2O5. The van der Waals surface area contributed by atoms with Crippen molar-refractivity contribution in [2.45, 2.75) is 13.8 Å². The second-order valence-electron chi connectivity index (χ2n) is 7.54. The number of esters is 1. The van der Waals surface area contributed by atoms with Crippen molar-refractivity contribution in [2.75, 3.05) is 0 Å².